The van der Waals surface area contributed by atoms with E-state index in [2.05, 4.69) is 15.7 Å². The number of halogens is 3. The maximum atomic E-state index is 12.7. The average molecular weight is 352 g/mol. The molecule has 1 unspecified atom stereocenters. The zero-order valence-electron chi connectivity index (χ0n) is 13.7. The minimum Gasteiger partial charge on any atom is -0.335 e. The molecule has 0 radical (unpaired) electrons. The Balaban J connectivity index is 1.53. The molecular weight excluding hydrogens is 333 g/mol. The Hall–Kier alpha value is -2.51. The van der Waals surface area contributed by atoms with Crippen molar-refractivity contribution in [3.8, 4) is 0 Å². The number of carbonyl (C=O) groups excluding carboxylic acids is 1. The molecular formula is C17H19F3N4O. The number of carbonyl (C=O) groups is 1. The lowest BCUT2D eigenvalue weighted by Gasteiger charge is -2.24. The van der Waals surface area contributed by atoms with E-state index in [1.54, 1.807) is 6.07 Å². The molecule has 1 atom stereocenters. The summed E-state index contributed by atoms with van der Waals surface area (Å²) in [5.41, 5.74) is 1.99. The van der Waals surface area contributed by atoms with E-state index in [9.17, 15) is 18.0 Å². The number of fused-ring (bicyclic) bond motifs is 1. The van der Waals surface area contributed by atoms with E-state index in [-0.39, 0.29) is 18.6 Å². The summed E-state index contributed by atoms with van der Waals surface area (Å²) in [6, 6.07) is 4.55. The third-order valence-corrected chi connectivity index (χ3v) is 4.39. The topological polar surface area (TPSA) is 59.0 Å². The monoisotopic (exact) mass is 352 g/mol. The van der Waals surface area contributed by atoms with Crippen LogP contribution in [-0.4, -0.2) is 21.9 Å². The molecule has 1 aliphatic carbocycles. The number of aromatic nitrogens is 2. The summed E-state index contributed by atoms with van der Waals surface area (Å²) in [5.74, 6) is 0. The van der Waals surface area contributed by atoms with Crippen LogP contribution in [0.3, 0.4) is 0 Å². The molecule has 0 bridgehead atoms. The van der Waals surface area contributed by atoms with Crippen LogP contribution >= 0.6 is 0 Å². The lowest BCUT2D eigenvalue weighted by atomic mass is 9.94. The van der Waals surface area contributed by atoms with Gasteiger partial charge in [0.25, 0.3) is 0 Å². The first-order chi connectivity index (χ1) is 11.8. The van der Waals surface area contributed by atoms with Crippen LogP contribution < -0.4 is 10.6 Å². The van der Waals surface area contributed by atoms with Gasteiger partial charge in [-0.25, -0.2) is 4.79 Å². The first kappa shape index (κ1) is 17.3. The van der Waals surface area contributed by atoms with Gasteiger partial charge in [0.1, 0.15) is 0 Å². The van der Waals surface area contributed by atoms with Gasteiger partial charge in [0.15, 0.2) is 0 Å². The maximum Gasteiger partial charge on any atom is 0.416 e. The highest BCUT2D eigenvalue weighted by Gasteiger charge is 2.30. The molecule has 0 saturated carbocycles. The maximum absolute atomic E-state index is 12.7. The molecule has 1 aromatic carbocycles. The van der Waals surface area contributed by atoms with Crippen molar-refractivity contribution in [1.29, 1.82) is 0 Å². The predicted molar refractivity (Wildman–Crippen MR) is 85.8 cm³/mol. The third kappa shape index (κ3) is 4.12. The number of urea groups is 1. The van der Waals surface area contributed by atoms with Crippen LogP contribution in [-0.2, 0) is 32.6 Å². The molecule has 0 aliphatic heterocycles. The quantitative estimate of drug-likeness (QED) is 0.892. The van der Waals surface area contributed by atoms with Gasteiger partial charge >= 0.3 is 12.2 Å². The number of benzene rings is 1. The summed E-state index contributed by atoms with van der Waals surface area (Å²) in [7, 11) is 1.87. The predicted octanol–water partition coefficient (Wildman–Crippen LogP) is 2.80. The van der Waals surface area contributed by atoms with E-state index in [1.165, 1.54) is 11.6 Å². The summed E-state index contributed by atoms with van der Waals surface area (Å²) in [6.07, 6.45) is -0.180. The van der Waals surface area contributed by atoms with Crippen LogP contribution in [0.1, 0.15) is 28.8 Å². The van der Waals surface area contributed by atoms with E-state index in [4.69, 9.17) is 0 Å². The molecule has 5 nitrogen and oxygen atoms in total. The van der Waals surface area contributed by atoms with Crippen LogP contribution in [0.15, 0.2) is 30.5 Å². The van der Waals surface area contributed by atoms with Gasteiger partial charge in [-0.2, -0.15) is 18.3 Å². The Morgan fingerprint density at radius 3 is 2.96 bits per heavy atom. The van der Waals surface area contributed by atoms with Gasteiger partial charge in [0, 0.05) is 31.7 Å². The third-order valence-electron chi connectivity index (χ3n) is 4.39. The van der Waals surface area contributed by atoms with Crippen LogP contribution in [0.2, 0.25) is 0 Å². The highest BCUT2D eigenvalue weighted by atomic mass is 19.4. The van der Waals surface area contributed by atoms with Crippen molar-refractivity contribution in [2.75, 3.05) is 0 Å². The molecule has 1 aliphatic rings. The number of hydrogen-bond acceptors (Lipinski definition) is 2. The zero-order valence-corrected chi connectivity index (χ0v) is 13.7. The van der Waals surface area contributed by atoms with Gasteiger partial charge in [-0.1, -0.05) is 12.1 Å². The van der Waals surface area contributed by atoms with Crippen molar-refractivity contribution in [3.05, 3.63) is 52.8 Å². The lowest BCUT2D eigenvalue weighted by Crippen LogP contribution is -2.44. The Morgan fingerprint density at radius 2 is 2.20 bits per heavy atom. The molecule has 3 rings (SSSR count). The summed E-state index contributed by atoms with van der Waals surface area (Å²) < 4.78 is 39.9. The standard InChI is InChI=1S/C17H19F3N4O/c1-24-15-8-14(6-5-12(15)10-22-24)23-16(25)21-9-11-3-2-4-13(7-11)17(18,19)20/h2-4,7,10,14H,5-6,8-9H2,1H3,(H2,21,23,25). The Labute approximate surface area is 143 Å². The first-order valence-electron chi connectivity index (χ1n) is 8.03. The van der Waals surface area contributed by atoms with Crippen molar-refractivity contribution in [2.24, 2.45) is 7.05 Å². The van der Waals surface area contributed by atoms with Crippen LogP contribution in [0, 0.1) is 0 Å². The Bertz CT molecular complexity index is 769. The largest absolute Gasteiger partial charge is 0.416 e. The SMILES string of the molecule is Cn1ncc2c1CC(NC(=O)NCc1cccc(C(F)(F)F)c1)CC2. The molecule has 2 aromatic rings. The van der Waals surface area contributed by atoms with Crippen LogP contribution in [0.4, 0.5) is 18.0 Å². The molecule has 0 saturated heterocycles. The van der Waals surface area contributed by atoms with E-state index in [1.807, 2.05) is 17.9 Å². The second-order valence-corrected chi connectivity index (χ2v) is 6.20. The van der Waals surface area contributed by atoms with E-state index < -0.39 is 11.7 Å². The fraction of sp³-hybridized carbons (Fsp3) is 0.412. The smallest absolute Gasteiger partial charge is 0.335 e. The normalized spacial score (nSPS) is 17.0. The number of rotatable bonds is 3. The van der Waals surface area contributed by atoms with Crippen molar-refractivity contribution >= 4 is 6.03 Å². The van der Waals surface area contributed by atoms with Gasteiger partial charge in [-0.3, -0.25) is 4.68 Å². The number of nitrogens with zero attached hydrogens (tertiary/aromatic N) is 2. The second-order valence-electron chi connectivity index (χ2n) is 6.20. The number of alkyl halides is 3. The molecule has 0 spiro atoms. The van der Waals surface area contributed by atoms with Gasteiger partial charge < -0.3 is 10.6 Å². The summed E-state index contributed by atoms with van der Waals surface area (Å²) in [4.78, 5) is 12.0. The average Bonchev–Trinajstić information content (AvgIpc) is 2.93. The van der Waals surface area contributed by atoms with Gasteiger partial charge in [0.2, 0.25) is 0 Å². The molecule has 2 N–H and O–H groups in total. The van der Waals surface area contributed by atoms with Crippen LogP contribution in [0.25, 0.3) is 0 Å². The Kier molecular flexibility index (Phi) is 4.69. The highest BCUT2D eigenvalue weighted by Crippen LogP contribution is 2.29. The van der Waals surface area contributed by atoms with Crippen molar-refractivity contribution < 1.29 is 18.0 Å². The fourth-order valence-electron chi connectivity index (χ4n) is 3.05. The molecule has 8 heteroatoms. The van der Waals surface area contributed by atoms with Gasteiger partial charge in [0.05, 0.1) is 11.8 Å². The highest BCUT2D eigenvalue weighted by molar-refractivity contribution is 5.74. The number of nitrogens with one attached hydrogen (secondary N) is 2. The first-order valence-corrected chi connectivity index (χ1v) is 8.03. The summed E-state index contributed by atoms with van der Waals surface area (Å²) in [5, 5.41) is 9.71. The number of hydrogen-bond donors (Lipinski definition) is 2. The Morgan fingerprint density at radius 1 is 1.40 bits per heavy atom. The van der Waals surface area contributed by atoms with Gasteiger partial charge in [-0.15, -0.1) is 0 Å². The zero-order chi connectivity index (χ0) is 18.0. The molecule has 1 aromatic heterocycles. The lowest BCUT2D eigenvalue weighted by molar-refractivity contribution is -0.137. The molecule has 2 amide bonds. The molecule has 1 heterocycles. The number of aryl methyl sites for hydroxylation is 2. The van der Waals surface area contributed by atoms with Crippen molar-refractivity contribution in [3.63, 3.8) is 0 Å². The van der Waals surface area contributed by atoms with Gasteiger partial charge in [-0.05, 0) is 36.1 Å². The van der Waals surface area contributed by atoms with Crippen molar-refractivity contribution in [1.82, 2.24) is 20.4 Å². The van der Waals surface area contributed by atoms with E-state index >= 15 is 0 Å². The molecule has 25 heavy (non-hydrogen) atoms. The van der Waals surface area contributed by atoms with Crippen molar-refractivity contribution in [2.45, 2.75) is 38.0 Å². The number of amides is 2. The molecule has 0 fully saturated rings. The fourth-order valence-corrected chi connectivity index (χ4v) is 3.05. The summed E-state index contributed by atoms with van der Waals surface area (Å²) >= 11 is 0. The van der Waals surface area contributed by atoms with Crippen LogP contribution in [0.5, 0.6) is 0 Å². The second kappa shape index (κ2) is 6.78. The minimum atomic E-state index is -4.39. The summed E-state index contributed by atoms with van der Waals surface area (Å²) in [6.45, 7) is 0.0411. The minimum absolute atomic E-state index is 0.00981. The van der Waals surface area contributed by atoms with E-state index in [0.717, 1.165) is 30.7 Å². The van der Waals surface area contributed by atoms with E-state index in [0.29, 0.717) is 12.0 Å². The molecule has 134 valence electrons.